The zero-order valence-electron chi connectivity index (χ0n) is 16.0. The Bertz CT molecular complexity index is 694. The van der Waals surface area contributed by atoms with Gasteiger partial charge in [0.2, 0.25) is 0 Å². The van der Waals surface area contributed by atoms with Crippen LogP contribution in [0.1, 0.15) is 44.7 Å². The summed E-state index contributed by atoms with van der Waals surface area (Å²) >= 11 is 0. The number of nitrogens with two attached hydrogens (primary N) is 1. The second-order valence-electron chi connectivity index (χ2n) is 8.27. The van der Waals surface area contributed by atoms with E-state index in [-0.39, 0.29) is 6.09 Å². The minimum atomic E-state index is -0.461. The second-order valence-corrected chi connectivity index (χ2v) is 8.27. The molecule has 1 amide bonds. The summed E-state index contributed by atoms with van der Waals surface area (Å²) in [4.78, 5) is 18.3. The molecule has 142 valence electrons. The maximum atomic E-state index is 12.1. The highest BCUT2D eigenvalue weighted by Crippen LogP contribution is 2.25. The molecule has 0 spiro atoms. The van der Waals surface area contributed by atoms with Gasteiger partial charge in [-0.1, -0.05) is 6.07 Å². The lowest BCUT2D eigenvalue weighted by atomic mass is 10.1. The van der Waals surface area contributed by atoms with Gasteiger partial charge in [0.05, 0.1) is 0 Å². The molecule has 1 aromatic rings. The minimum absolute atomic E-state index is 0.242. The zero-order chi connectivity index (χ0) is 18.7. The fourth-order valence-corrected chi connectivity index (χ4v) is 3.54. The maximum absolute atomic E-state index is 12.1. The number of aliphatic imine (C=N–C) groups is 1. The SMILES string of the molecule is CC(C)(C)OC(=O)N1CCC(CN=C(N)Nc2ccc3c(c2)CCC3)C1. The number of benzene rings is 1. The average Bonchev–Trinajstić information content (AvgIpc) is 3.20. The summed E-state index contributed by atoms with van der Waals surface area (Å²) in [6, 6.07) is 6.41. The number of hydrogen-bond donors (Lipinski definition) is 2. The van der Waals surface area contributed by atoms with Gasteiger partial charge in [0.25, 0.3) is 0 Å². The Morgan fingerprint density at radius 2 is 2.12 bits per heavy atom. The molecule has 0 radical (unpaired) electrons. The van der Waals surface area contributed by atoms with Crippen molar-refractivity contribution in [1.29, 1.82) is 0 Å². The first-order valence-corrected chi connectivity index (χ1v) is 9.47. The van der Waals surface area contributed by atoms with Crippen LogP contribution in [0.25, 0.3) is 0 Å². The standard InChI is InChI=1S/C20H30N4O2/c1-20(2,3)26-19(25)24-10-9-14(13-24)12-22-18(21)23-17-8-7-15-5-4-6-16(15)11-17/h7-8,11,14H,4-6,9-10,12-13H2,1-3H3,(H3,21,22,23). The van der Waals surface area contributed by atoms with E-state index >= 15 is 0 Å². The largest absolute Gasteiger partial charge is 0.444 e. The third kappa shape index (κ3) is 4.90. The summed E-state index contributed by atoms with van der Waals surface area (Å²) in [7, 11) is 0. The molecular weight excluding hydrogens is 328 g/mol. The lowest BCUT2D eigenvalue weighted by Crippen LogP contribution is -2.35. The van der Waals surface area contributed by atoms with Gasteiger partial charge in [-0.3, -0.25) is 4.99 Å². The van der Waals surface area contributed by atoms with Crippen molar-refractivity contribution in [3.05, 3.63) is 29.3 Å². The Kier molecular flexibility index (Phi) is 5.39. The molecule has 1 atom stereocenters. The van der Waals surface area contributed by atoms with E-state index < -0.39 is 5.60 Å². The number of nitrogens with zero attached hydrogens (tertiary/aromatic N) is 2. The quantitative estimate of drug-likeness (QED) is 0.642. The van der Waals surface area contributed by atoms with Crippen molar-refractivity contribution in [2.24, 2.45) is 16.6 Å². The normalized spacial score (nSPS) is 20.2. The second kappa shape index (κ2) is 7.56. The van der Waals surface area contributed by atoms with Gasteiger partial charge in [-0.25, -0.2) is 4.79 Å². The number of rotatable bonds is 3. The van der Waals surface area contributed by atoms with Gasteiger partial charge >= 0.3 is 6.09 Å². The number of ether oxygens (including phenoxy) is 1. The van der Waals surface area contributed by atoms with Crippen LogP contribution in [0.15, 0.2) is 23.2 Å². The molecule has 26 heavy (non-hydrogen) atoms. The molecule has 2 aliphatic rings. The Balaban J connectivity index is 1.48. The first-order chi connectivity index (χ1) is 12.3. The molecule has 1 heterocycles. The van der Waals surface area contributed by atoms with Crippen LogP contribution in [0, 0.1) is 5.92 Å². The number of carbonyl (C=O) groups excluding carboxylic acids is 1. The lowest BCUT2D eigenvalue weighted by Gasteiger charge is -2.24. The Morgan fingerprint density at radius 3 is 2.88 bits per heavy atom. The van der Waals surface area contributed by atoms with Crippen molar-refractivity contribution < 1.29 is 9.53 Å². The number of fused-ring (bicyclic) bond motifs is 1. The third-order valence-corrected chi connectivity index (χ3v) is 4.83. The molecular formula is C20H30N4O2. The van der Waals surface area contributed by atoms with E-state index in [1.165, 1.54) is 24.0 Å². The molecule has 1 saturated heterocycles. The number of carbonyl (C=O) groups is 1. The Labute approximate surface area is 155 Å². The number of anilines is 1. The van der Waals surface area contributed by atoms with E-state index in [1.54, 1.807) is 4.90 Å². The van der Waals surface area contributed by atoms with Gasteiger partial charge in [-0.05, 0) is 75.6 Å². The predicted octanol–water partition coefficient (Wildman–Crippen LogP) is 3.16. The van der Waals surface area contributed by atoms with Crippen LogP contribution in [0.5, 0.6) is 0 Å². The molecule has 1 aliphatic carbocycles. The molecule has 3 rings (SSSR count). The number of guanidine groups is 1. The van der Waals surface area contributed by atoms with Gasteiger partial charge in [-0.2, -0.15) is 0 Å². The number of likely N-dealkylation sites (tertiary alicyclic amines) is 1. The van der Waals surface area contributed by atoms with Crippen molar-refractivity contribution in [3.8, 4) is 0 Å². The average molecular weight is 358 g/mol. The number of amides is 1. The van der Waals surface area contributed by atoms with E-state index in [9.17, 15) is 4.79 Å². The van der Waals surface area contributed by atoms with Crippen LogP contribution in [-0.4, -0.2) is 42.2 Å². The highest BCUT2D eigenvalue weighted by atomic mass is 16.6. The van der Waals surface area contributed by atoms with Crippen LogP contribution in [0.2, 0.25) is 0 Å². The number of aryl methyl sites for hydroxylation is 2. The monoisotopic (exact) mass is 358 g/mol. The molecule has 6 nitrogen and oxygen atoms in total. The molecule has 3 N–H and O–H groups in total. The van der Waals surface area contributed by atoms with Crippen molar-refractivity contribution in [2.75, 3.05) is 25.0 Å². The summed E-state index contributed by atoms with van der Waals surface area (Å²) in [6.45, 7) is 7.65. The molecule has 1 fully saturated rings. The van der Waals surface area contributed by atoms with E-state index in [2.05, 4.69) is 28.5 Å². The highest BCUT2D eigenvalue weighted by Gasteiger charge is 2.29. The summed E-state index contributed by atoms with van der Waals surface area (Å²) in [5.74, 6) is 0.751. The van der Waals surface area contributed by atoms with Gasteiger partial charge < -0.3 is 20.7 Å². The number of nitrogens with one attached hydrogen (secondary N) is 1. The van der Waals surface area contributed by atoms with Gasteiger partial charge in [-0.15, -0.1) is 0 Å². The van der Waals surface area contributed by atoms with Crippen LogP contribution >= 0.6 is 0 Å². The summed E-state index contributed by atoms with van der Waals surface area (Å²) in [5.41, 5.74) is 9.43. The van der Waals surface area contributed by atoms with Crippen molar-refractivity contribution in [3.63, 3.8) is 0 Å². The maximum Gasteiger partial charge on any atom is 0.410 e. The zero-order valence-corrected chi connectivity index (χ0v) is 16.0. The lowest BCUT2D eigenvalue weighted by molar-refractivity contribution is 0.0289. The topological polar surface area (TPSA) is 80.0 Å². The first kappa shape index (κ1) is 18.5. The van der Waals surface area contributed by atoms with Gasteiger partial charge in [0, 0.05) is 25.3 Å². The van der Waals surface area contributed by atoms with E-state index in [4.69, 9.17) is 10.5 Å². The van der Waals surface area contributed by atoms with Crippen molar-refractivity contribution >= 4 is 17.7 Å². The van der Waals surface area contributed by atoms with Crippen molar-refractivity contribution in [2.45, 2.75) is 52.1 Å². The van der Waals surface area contributed by atoms with Crippen LogP contribution in [0.4, 0.5) is 10.5 Å². The fourth-order valence-electron chi connectivity index (χ4n) is 3.54. The third-order valence-electron chi connectivity index (χ3n) is 4.83. The smallest absolute Gasteiger partial charge is 0.410 e. The molecule has 1 unspecified atom stereocenters. The molecule has 1 aromatic carbocycles. The summed E-state index contributed by atoms with van der Waals surface area (Å²) < 4.78 is 5.43. The van der Waals surface area contributed by atoms with Crippen LogP contribution < -0.4 is 11.1 Å². The Hall–Kier alpha value is -2.24. The van der Waals surface area contributed by atoms with Crippen LogP contribution in [-0.2, 0) is 17.6 Å². The fraction of sp³-hybridized carbons (Fsp3) is 0.600. The molecule has 0 saturated carbocycles. The van der Waals surface area contributed by atoms with Crippen LogP contribution in [0.3, 0.4) is 0 Å². The molecule has 0 aromatic heterocycles. The molecule has 1 aliphatic heterocycles. The minimum Gasteiger partial charge on any atom is -0.444 e. The predicted molar refractivity (Wildman–Crippen MR) is 104 cm³/mol. The van der Waals surface area contributed by atoms with E-state index in [0.717, 1.165) is 18.5 Å². The highest BCUT2D eigenvalue weighted by molar-refractivity contribution is 5.92. The summed E-state index contributed by atoms with van der Waals surface area (Å²) in [6.07, 6.45) is 4.24. The van der Waals surface area contributed by atoms with Gasteiger partial charge in [0.1, 0.15) is 5.60 Å². The summed E-state index contributed by atoms with van der Waals surface area (Å²) in [5, 5.41) is 3.18. The van der Waals surface area contributed by atoms with E-state index in [1.807, 2.05) is 20.8 Å². The first-order valence-electron chi connectivity index (χ1n) is 9.47. The number of hydrogen-bond acceptors (Lipinski definition) is 3. The molecule has 0 bridgehead atoms. The van der Waals surface area contributed by atoms with Gasteiger partial charge in [0.15, 0.2) is 5.96 Å². The van der Waals surface area contributed by atoms with Crippen molar-refractivity contribution in [1.82, 2.24) is 4.90 Å². The molecule has 6 heteroatoms. The Morgan fingerprint density at radius 1 is 1.35 bits per heavy atom. The van der Waals surface area contributed by atoms with E-state index in [0.29, 0.717) is 31.5 Å².